The molecule has 6 heteroatoms. The number of nitrogens with zero attached hydrogens (tertiary/aromatic N) is 1. The second-order valence-corrected chi connectivity index (χ2v) is 6.29. The Balaban J connectivity index is 2.33. The number of esters is 1. The van der Waals surface area contributed by atoms with Crippen molar-refractivity contribution in [1.29, 1.82) is 0 Å². The monoisotopic (exact) mass is 298 g/mol. The molecule has 0 radical (unpaired) electrons. The summed E-state index contributed by atoms with van der Waals surface area (Å²) >= 11 is 1.86. The fraction of sp³-hybridized carbons (Fsp3) is 0.500. The second-order valence-electron chi connectivity index (χ2n) is 4.74. The molecule has 0 bridgehead atoms. The van der Waals surface area contributed by atoms with Crippen molar-refractivity contribution in [2.24, 2.45) is 0 Å². The van der Waals surface area contributed by atoms with Crippen molar-refractivity contribution in [1.82, 2.24) is 0 Å². The van der Waals surface area contributed by atoms with Gasteiger partial charge in [-0.1, -0.05) is 6.92 Å². The number of nitrogen functional groups attached to an aromatic ring is 1. The van der Waals surface area contributed by atoms with Crippen LogP contribution in [0.15, 0.2) is 12.1 Å². The predicted molar refractivity (Wildman–Crippen MR) is 80.9 cm³/mol. The highest BCUT2D eigenvalue weighted by Gasteiger charge is 2.22. The number of halogens is 1. The van der Waals surface area contributed by atoms with E-state index in [0.717, 1.165) is 18.8 Å². The molecule has 20 heavy (non-hydrogen) atoms. The fourth-order valence-corrected chi connectivity index (χ4v) is 3.26. The second kappa shape index (κ2) is 6.35. The summed E-state index contributed by atoms with van der Waals surface area (Å²) in [6, 6.07) is 2.71. The van der Waals surface area contributed by atoms with Gasteiger partial charge in [-0.3, -0.25) is 0 Å². The summed E-state index contributed by atoms with van der Waals surface area (Å²) < 4.78 is 19.1. The predicted octanol–water partition coefficient (Wildman–Crippen LogP) is 2.53. The van der Waals surface area contributed by atoms with Crippen LogP contribution in [0.25, 0.3) is 0 Å². The molecule has 1 fully saturated rings. The molecule has 0 saturated carbocycles. The molecule has 0 amide bonds. The van der Waals surface area contributed by atoms with Gasteiger partial charge in [0.15, 0.2) is 0 Å². The van der Waals surface area contributed by atoms with Crippen LogP contribution < -0.4 is 10.6 Å². The minimum atomic E-state index is -0.509. The number of rotatable bonds is 3. The lowest BCUT2D eigenvalue weighted by molar-refractivity contribution is 0.0527. The zero-order valence-electron chi connectivity index (χ0n) is 11.7. The van der Waals surface area contributed by atoms with Gasteiger partial charge >= 0.3 is 5.97 Å². The van der Waals surface area contributed by atoms with Crippen LogP contribution in [0.2, 0.25) is 0 Å². The van der Waals surface area contributed by atoms with Crippen LogP contribution in [-0.4, -0.2) is 36.7 Å². The number of nitrogens with two attached hydrogens (primary N) is 1. The normalized spacial score (nSPS) is 18.9. The summed E-state index contributed by atoms with van der Waals surface area (Å²) in [4.78, 5) is 13.8. The number of thioether (sulfide) groups is 1. The van der Waals surface area contributed by atoms with Gasteiger partial charge in [0.1, 0.15) is 5.82 Å². The highest BCUT2D eigenvalue weighted by atomic mass is 32.2. The van der Waals surface area contributed by atoms with Gasteiger partial charge in [0.25, 0.3) is 0 Å². The maximum atomic E-state index is 14.1. The molecule has 4 nitrogen and oxygen atoms in total. The molecule has 1 aliphatic heterocycles. The number of ether oxygens (including phenoxy) is 1. The molecule has 2 rings (SSSR count). The van der Waals surface area contributed by atoms with Crippen molar-refractivity contribution in [2.45, 2.75) is 19.1 Å². The molecule has 110 valence electrons. The van der Waals surface area contributed by atoms with Crippen LogP contribution in [0.5, 0.6) is 0 Å². The average Bonchev–Trinajstić information content (AvgIpc) is 2.39. The van der Waals surface area contributed by atoms with Crippen LogP contribution >= 0.6 is 11.8 Å². The van der Waals surface area contributed by atoms with E-state index >= 15 is 0 Å². The number of carbonyl (C=O) groups is 1. The largest absolute Gasteiger partial charge is 0.462 e. The third-order valence-electron chi connectivity index (χ3n) is 3.20. The quantitative estimate of drug-likeness (QED) is 0.686. The van der Waals surface area contributed by atoms with Crippen molar-refractivity contribution in [3.05, 3.63) is 23.5 Å². The third-order valence-corrected chi connectivity index (χ3v) is 4.33. The molecule has 1 saturated heterocycles. The van der Waals surface area contributed by atoms with E-state index in [9.17, 15) is 9.18 Å². The molecular weight excluding hydrogens is 279 g/mol. The molecule has 1 heterocycles. The van der Waals surface area contributed by atoms with E-state index < -0.39 is 11.8 Å². The zero-order chi connectivity index (χ0) is 14.7. The van der Waals surface area contributed by atoms with E-state index in [1.807, 2.05) is 16.7 Å². The van der Waals surface area contributed by atoms with Gasteiger partial charge in [-0.25, -0.2) is 9.18 Å². The van der Waals surface area contributed by atoms with Crippen molar-refractivity contribution in [2.75, 3.05) is 36.1 Å². The SMILES string of the molecule is CCOC(=O)c1cc(N2CCSC(C)C2)c(F)cc1N. The van der Waals surface area contributed by atoms with Crippen LogP contribution in [0.1, 0.15) is 24.2 Å². The van der Waals surface area contributed by atoms with Crippen molar-refractivity contribution < 1.29 is 13.9 Å². The first-order valence-corrected chi connectivity index (χ1v) is 7.70. The highest BCUT2D eigenvalue weighted by Crippen LogP contribution is 2.29. The molecule has 1 aromatic carbocycles. The summed E-state index contributed by atoms with van der Waals surface area (Å²) in [5.74, 6) is 0.0417. The first-order valence-electron chi connectivity index (χ1n) is 6.65. The minimum Gasteiger partial charge on any atom is -0.462 e. The van der Waals surface area contributed by atoms with Gasteiger partial charge in [0.2, 0.25) is 0 Å². The molecule has 1 unspecified atom stereocenters. The first kappa shape index (κ1) is 15.0. The van der Waals surface area contributed by atoms with Crippen LogP contribution in [0.3, 0.4) is 0 Å². The Kier molecular flexibility index (Phi) is 4.75. The van der Waals surface area contributed by atoms with Crippen LogP contribution in [0.4, 0.5) is 15.8 Å². The maximum Gasteiger partial charge on any atom is 0.340 e. The number of carbonyl (C=O) groups excluding carboxylic acids is 1. The molecule has 1 aliphatic rings. The summed E-state index contributed by atoms with van der Waals surface area (Å²) in [6.45, 7) is 5.62. The molecule has 1 atom stereocenters. The number of hydrogen-bond acceptors (Lipinski definition) is 5. The Morgan fingerprint density at radius 3 is 3.00 bits per heavy atom. The smallest absolute Gasteiger partial charge is 0.340 e. The minimum absolute atomic E-state index is 0.115. The Hall–Kier alpha value is -1.43. The lowest BCUT2D eigenvalue weighted by atomic mass is 10.1. The maximum absolute atomic E-state index is 14.1. The van der Waals surface area contributed by atoms with Gasteiger partial charge in [-0.15, -0.1) is 0 Å². The van der Waals surface area contributed by atoms with E-state index in [0.29, 0.717) is 10.9 Å². The van der Waals surface area contributed by atoms with Gasteiger partial charge in [-0.05, 0) is 19.1 Å². The van der Waals surface area contributed by atoms with E-state index in [-0.39, 0.29) is 17.9 Å². The Bertz CT molecular complexity index is 510. The van der Waals surface area contributed by atoms with Crippen molar-refractivity contribution in [3.63, 3.8) is 0 Å². The Morgan fingerprint density at radius 2 is 2.35 bits per heavy atom. The zero-order valence-corrected chi connectivity index (χ0v) is 12.5. The summed E-state index contributed by atoms with van der Waals surface area (Å²) in [5, 5.41) is 0.437. The molecule has 0 aromatic heterocycles. The Labute approximate surface area is 122 Å². The van der Waals surface area contributed by atoms with Gasteiger partial charge in [-0.2, -0.15) is 11.8 Å². The van der Waals surface area contributed by atoms with Crippen LogP contribution in [0, 0.1) is 5.82 Å². The third kappa shape index (κ3) is 3.17. The standard InChI is InChI=1S/C14H19FN2O2S/c1-3-19-14(18)10-6-13(11(15)7-12(10)16)17-4-5-20-9(2)8-17/h6-7,9H,3-5,8,16H2,1-2H3. The highest BCUT2D eigenvalue weighted by molar-refractivity contribution is 8.00. The van der Waals surface area contributed by atoms with Gasteiger partial charge in [0.05, 0.1) is 17.9 Å². The fourth-order valence-electron chi connectivity index (χ4n) is 2.24. The van der Waals surface area contributed by atoms with Crippen LogP contribution in [-0.2, 0) is 4.74 Å². The van der Waals surface area contributed by atoms with Crippen molar-refractivity contribution in [3.8, 4) is 0 Å². The molecule has 2 N–H and O–H groups in total. The van der Waals surface area contributed by atoms with Crippen molar-refractivity contribution >= 4 is 29.1 Å². The number of anilines is 2. The topological polar surface area (TPSA) is 55.6 Å². The molecule has 1 aromatic rings. The number of benzene rings is 1. The van der Waals surface area contributed by atoms with E-state index in [2.05, 4.69) is 6.92 Å². The lowest BCUT2D eigenvalue weighted by Crippen LogP contribution is -2.37. The summed E-state index contributed by atoms with van der Waals surface area (Å²) in [6.07, 6.45) is 0. The van der Waals surface area contributed by atoms with E-state index in [4.69, 9.17) is 10.5 Å². The molecular formula is C14H19FN2O2S. The van der Waals surface area contributed by atoms with Gasteiger partial charge in [0, 0.05) is 29.8 Å². The first-order chi connectivity index (χ1) is 9.52. The van der Waals surface area contributed by atoms with E-state index in [1.165, 1.54) is 12.1 Å². The average molecular weight is 298 g/mol. The Morgan fingerprint density at radius 1 is 1.60 bits per heavy atom. The molecule has 0 spiro atoms. The summed E-state index contributed by atoms with van der Waals surface area (Å²) in [7, 11) is 0. The van der Waals surface area contributed by atoms with E-state index in [1.54, 1.807) is 6.92 Å². The van der Waals surface area contributed by atoms with Gasteiger partial charge < -0.3 is 15.4 Å². The number of hydrogen-bond donors (Lipinski definition) is 1. The summed E-state index contributed by atoms with van der Waals surface area (Å²) in [5.41, 5.74) is 6.49. The lowest BCUT2D eigenvalue weighted by Gasteiger charge is -2.33. The molecule has 0 aliphatic carbocycles.